The fourth-order valence-electron chi connectivity index (χ4n) is 2.00. The molecule has 0 radical (unpaired) electrons. The zero-order chi connectivity index (χ0) is 12.6. The molecular formula is C15H16FN. The van der Waals surface area contributed by atoms with Crippen LogP contribution in [0.1, 0.15) is 16.7 Å². The summed E-state index contributed by atoms with van der Waals surface area (Å²) in [5.74, 6) is -0.267. The topological polar surface area (TPSA) is 26.0 Å². The summed E-state index contributed by atoms with van der Waals surface area (Å²) in [7, 11) is 0. The van der Waals surface area contributed by atoms with Crippen molar-refractivity contribution in [1.29, 1.82) is 0 Å². The van der Waals surface area contributed by atoms with Crippen molar-refractivity contribution >= 4 is 5.69 Å². The number of halogens is 1. The summed E-state index contributed by atoms with van der Waals surface area (Å²) in [5, 5.41) is 0. The van der Waals surface area contributed by atoms with Gasteiger partial charge in [-0.1, -0.05) is 12.1 Å². The van der Waals surface area contributed by atoms with Crippen molar-refractivity contribution in [2.45, 2.75) is 20.8 Å². The van der Waals surface area contributed by atoms with Crippen LogP contribution in [0.5, 0.6) is 0 Å². The maximum absolute atomic E-state index is 13.9. The number of hydrogen-bond acceptors (Lipinski definition) is 1. The number of aryl methyl sites for hydroxylation is 3. The van der Waals surface area contributed by atoms with Crippen LogP contribution in [-0.4, -0.2) is 0 Å². The largest absolute Gasteiger partial charge is 0.399 e. The molecule has 0 unspecified atom stereocenters. The van der Waals surface area contributed by atoms with E-state index < -0.39 is 0 Å². The van der Waals surface area contributed by atoms with Crippen LogP contribution in [0.2, 0.25) is 0 Å². The smallest absolute Gasteiger partial charge is 0.133 e. The Bertz CT molecular complexity index is 573. The molecule has 0 fully saturated rings. The van der Waals surface area contributed by atoms with Crippen molar-refractivity contribution in [3.63, 3.8) is 0 Å². The SMILES string of the molecule is Cc1cc(C)c(-c2ccc(N)cc2F)cc1C. The lowest BCUT2D eigenvalue weighted by molar-refractivity contribution is 0.632. The van der Waals surface area contributed by atoms with E-state index in [4.69, 9.17) is 5.73 Å². The van der Waals surface area contributed by atoms with Gasteiger partial charge in [0, 0.05) is 11.3 Å². The van der Waals surface area contributed by atoms with E-state index in [9.17, 15) is 4.39 Å². The van der Waals surface area contributed by atoms with Crippen LogP contribution < -0.4 is 5.73 Å². The van der Waals surface area contributed by atoms with Crippen molar-refractivity contribution in [2.75, 3.05) is 5.73 Å². The summed E-state index contributed by atoms with van der Waals surface area (Å²) in [6.45, 7) is 6.09. The van der Waals surface area contributed by atoms with Crippen molar-refractivity contribution in [3.8, 4) is 11.1 Å². The molecule has 88 valence electrons. The van der Waals surface area contributed by atoms with Crippen LogP contribution in [-0.2, 0) is 0 Å². The third-order valence-corrected chi connectivity index (χ3v) is 3.12. The molecule has 0 aliphatic heterocycles. The van der Waals surface area contributed by atoms with Gasteiger partial charge in [0.2, 0.25) is 0 Å². The number of rotatable bonds is 1. The minimum atomic E-state index is -0.267. The molecule has 0 amide bonds. The number of benzene rings is 2. The maximum Gasteiger partial charge on any atom is 0.133 e. The van der Waals surface area contributed by atoms with E-state index in [1.807, 2.05) is 19.9 Å². The van der Waals surface area contributed by atoms with Gasteiger partial charge in [0.15, 0.2) is 0 Å². The van der Waals surface area contributed by atoms with Gasteiger partial charge < -0.3 is 5.73 Å². The van der Waals surface area contributed by atoms with Crippen LogP contribution in [0.25, 0.3) is 11.1 Å². The first kappa shape index (κ1) is 11.6. The van der Waals surface area contributed by atoms with Crippen molar-refractivity contribution < 1.29 is 4.39 Å². The Morgan fingerprint density at radius 1 is 0.824 bits per heavy atom. The monoisotopic (exact) mass is 229 g/mol. The van der Waals surface area contributed by atoms with Gasteiger partial charge in [-0.15, -0.1) is 0 Å². The molecule has 0 aliphatic rings. The molecule has 0 heterocycles. The second-order valence-corrected chi connectivity index (χ2v) is 4.49. The highest BCUT2D eigenvalue weighted by molar-refractivity contribution is 5.70. The second kappa shape index (κ2) is 4.21. The van der Waals surface area contributed by atoms with Gasteiger partial charge in [-0.2, -0.15) is 0 Å². The summed E-state index contributed by atoms with van der Waals surface area (Å²) in [5.41, 5.74) is 11.0. The molecular weight excluding hydrogens is 213 g/mol. The molecule has 1 nitrogen and oxygen atoms in total. The number of anilines is 1. The minimum absolute atomic E-state index is 0.267. The third kappa shape index (κ3) is 2.16. The average molecular weight is 229 g/mol. The first-order valence-corrected chi connectivity index (χ1v) is 5.62. The van der Waals surface area contributed by atoms with Gasteiger partial charge in [0.1, 0.15) is 5.82 Å². The predicted molar refractivity (Wildman–Crippen MR) is 70.5 cm³/mol. The van der Waals surface area contributed by atoms with Crippen molar-refractivity contribution in [1.82, 2.24) is 0 Å². The van der Waals surface area contributed by atoms with E-state index in [0.717, 1.165) is 11.1 Å². The molecule has 0 spiro atoms. The molecule has 0 aliphatic carbocycles. The number of nitrogen functional groups attached to an aromatic ring is 1. The van der Waals surface area contributed by atoms with Crippen LogP contribution >= 0.6 is 0 Å². The van der Waals surface area contributed by atoms with Gasteiger partial charge in [0.25, 0.3) is 0 Å². The Labute approximate surface area is 101 Å². The second-order valence-electron chi connectivity index (χ2n) is 4.49. The molecule has 0 saturated heterocycles. The van der Waals surface area contributed by atoms with Crippen molar-refractivity contribution in [3.05, 3.63) is 52.8 Å². The zero-order valence-corrected chi connectivity index (χ0v) is 10.3. The van der Waals surface area contributed by atoms with Crippen LogP contribution in [0.4, 0.5) is 10.1 Å². The Hall–Kier alpha value is -1.83. The lowest BCUT2D eigenvalue weighted by Gasteiger charge is -2.11. The average Bonchev–Trinajstić information content (AvgIpc) is 2.24. The molecule has 0 bridgehead atoms. The minimum Gasteiger partial charge on any atom is -0.399 e. The zero-order valence-electron chi connectivity index (χ0n) is 10.3. The van der Waals surface area contributed by atoms with Crippen LogP contribution in [0.15, 0.2) is 30.3 Å². The fourth-order valence-corrected chi connectivity index (χ4v) is 2.00. The Morgan fingerprint density at radius 2 is 1.47 bits per heavy atom. The summed E-state index contributed by atoms with van der Waals surface area (Å²) < 4.78 is 13.9. The van der Waals surface area contributed by atoms with Crippen molar-refractivity contribution in [2.24, 2.45) is 0 Å². The van der Waals surface area contributed by atoms with Crippen LogP contribution in [0.3, 0.4) is 0 Å². The first-order chi connectivity index (χ1) is 7.99. The van der Waals surface area contributed by atoms with Gasteiger partial charge in [-0.25, -0.2) is 4.39 Å². The highest BCUT2D eigenvalue weighted by atomic mass is 19.1. The predicted octanol–water partition coefficient (Wildman–Crippen LogP) is 4.00. The molecule has 2 aromatic rings. The molecule has 2 heteroatoms. The Kier molecular flexibility index (Phi) is 2.88. The first-order valence-electron chi connectivity index (χ1n) is 5.62. The standard InChI is InChI=1S/C15H16FN/c1-9-6-11(3)14(7-10(9)2)13-5-4-12(17)8-15(13)16/h4-8H,17H2,1-3H3. The Morgan fingerprint density at radius 3 is 2.12 bits per heavy atom. The molecule has 2 aromatic carbocycles. The van der Waals surface area contributed by atoms with Gasteiger partial charge in [-0.3, -0.25) is 0 Å². The van der Waals surface area contributed by atoms with E-state index in [-0.39, 0.29) is 5.82 Å². The molecule has 17 heavy (non-hydrogen) atoms. The normalized spacial score (nSPS) is 10.6. The third-order valence-electron chi connectivity index (χ3n) is 3.12. The summed E-state index contributed by atoms with van der Waals surface area (Å²) in [6, 6.07) is 8.94. The highest BCUT2D eigenvalue weighted by Gasteiger charge is 2.09. The van der Waals surface area contributed by atoms with E-state index in [2.05, 4.69) is 13.0 Å². The molecule has 0 aromatic heterocycles. The van der Waals surface area contributed by atoms with E-state index in [0.29, 0.717) is 11.3 Å². The fraction of sp³-hybridized carbons (Fsp3) is 0.200. The quantitative estimate of drug-likeness (QED) is 0.735. The number of nitrogens with two attached hydrogens (primary N) is 1. The lowest BCUT2D eigenvalue weighted by Crippen LogP contribution is -1.93. The molecule has 0 atom stereocenters. The van der Waals surface area contributed by atoms with E-state index in [1.54, 1.807) is 12.1 Å². The van der Waals surface area contributed by atoms with E-state index >= 15 is 0 Å². The van der Waals surface area contributed by atoms with E-state index in [1.165, 1.54) is 17.2 Å². The molecule has 2 N–H and O–H groups in total. The van der Waals surface area contributed by atoms with Gasteiger partial charge in [0.05, 0.1) is 0 Å². The summed E-state index contributed by atoms with van der Waals surface area (Å²) in [6.07, 6.45) is 0. The van der Waals surface area contributed by atoms with Gasteiger partial charge >= 0.3 is 0 Å². The summed E-state index contributed by atoms with van der Waals surface area (Å²) >= 11 is 0. The molecule has 2 rings (SSSR count). The Balaban J connectivity index is 2.64. The van der Waals surface area contributed by atoms with Gasteiger partial charge in [-0.05, 0) is 61.2 Å². The summed E-state index contributed by atoms with van der Waals surface area (Å²) in [4.78, 5) is 0. The molecule has 0 saturated carbocycles. The van der Waals surface area contributed by atoms with Crippen LogP contribution in [0, 0.1) is 26.6 Å². The highest BCUT2D eigenvalue weighted by Crippen LogP contribution is 2.29. The maximum atomic E-state index is 13.9. The lowest BCUT2D eigenvalue weighted by atomic mass is 9.95. The number of hydrogen-bond donors (Lipinski definition) is 1.